The summed E-state index contributed by atoms with van der Waals surface area (Å²) in [7, 11) is 1.63. The van der Waals surface area contributed by atoms with Gasteiger partial charge < -0.3 is 15.2 Å². The lowest BCUT2D eigenvalue weighted by Crippen LogP contribution is -2.39. The number of aromatic carboxylic acids is 1. The number of benzene rings is 2. The molecule has 148 valence electrons. The third kappa shape index (κ3) is 4.78. The molecule has 0 unspecified atom stereocenters. The second-order valence-corrected chi connectivity index (χ2v) is 7.35. The predicted octanol–water partition coefficient (Wildman–Crippen LogP) is 4.16. The number of nitrogens with one attached hydrogen (secondary N) is 1. The van der Waals surface area contributed by atoms with Gasteiger partial charge in [-0.3, -0.25) is 4.79 Å². The van der Waals surface area contributed by atoms with Gasteiger partial charge in [-0.25, -0.2) is 4.79 Å². The number of ether oxygens (including phenoxy) is 1. The van der Waals surface area contributed by atoms with E-state index in [1.807, 2.05) is 42.5 Å². The van der Waals surface area contributed by atoms with Crippen molar-refractivity contribution in [3.05, 3.63) is 71.3 Å². The highest BCUT2D eigenvalue weighted by Crippen LogP contribution is 2.38. The van der Waals surface area contributed by atoms with E-state index in [-0.39, 0.29) is 29.3 Å². The van der Waals surface area contributed by atoms with Crippen molar-refractivity contribution in [2.45, 2.75) is 37.6 Å². The van der Waals surface area contributed by atoms with Gasteiger partial charge in [0.2, 0.25) is 5.91 Å². The summed E-state index contributed by atoms with van der Waals surface area (Å²) in [5, 5.41) is 12.3. The number of carboxylic acids is 1. The van der Waals surface area contributed by atoms with Crippen LogP contribution in [-0.2, 0) is 9.53 Å². The molecule has 3 atom stereocenters. The van der Waals surface area contributed by atoms with Crippen LogP contribution in [0, 0.1) is 5.92 Å². The summed E-state index contributed by atoms with van der Waals surface area (Å²) < 4.78 is 5.32. The Morgan fingerprint density at radius 1 is 1.07 bits per heavy atom. The van der Waals surface area contributed by atoms with Crippen molar-refractivity contribution in [2.24, 2.45) is 5.92 Å². The second-order valence-electron chi connectivity index (χ2n) is 7.35. The largest absolute Gasteiger partial charge is 0.478 e. The molecule has 28 heavy (non-hydrogen) atoms. The van der Waals surface area contributed by atoms with Gasteiger partial charge in [-0.2, -0.15) is 0 Å². The molecular weight excluding hydrogens is 354 g/mol. The number of rotatable bonds is 7. The highest BCUT2D eigenvalue weighted by molar-refractivity contribution is 5.87. The van der Waals surface area contributed by atoms with Crippen molar-refractivity contribution in [3.8, 4) is 0 Å². The van der Waals surface area contributed by atoms with E-state index in [0.717, 1.165) is 36.8 Å². The molecule has 3 rings (SSSR count). The first kappa shape index (κ1) is 20.1. The number of carbonyl (C=O) groups excluding carboxylic acids is 1. The Hall–Kier alpha value is -2.66. The summed E-state index contributed by atoms with van der Waals surface area (Å²) in [6.07, 6.45) is 3.88. The van der Waals surface area contributed by atoms with Crippen LogP contribution >= 0.6 is 0 Å². The molecule has 0 bridgehead atoms. The normalized spacial score (nSPS) is 20.3. The molecule has 1 fully saturated rings. The molecule has 5 heteroatoms. The van der Waals surface area contributed by atoms with Crippen molar-refractivity contribution >= 4 is 11.9 Å². The average Bonchev–Trinajstić information content (AvgIpc) is 2.74. The highest BCUT2D eigenvalue weighted by atomic mass is 16.5. The summed E-state index contributed by atoms with van der Waals surface area (Å²) in [6.45, 7) is 0.417. The Balaban J connectivity index is 1.76. The molecule has 0 radical (unpaired) electrons. The number of carbonyl (C=O) groups is 2. The lowest BCUT2D eigenvalue weighted by atomic mass is 9.74. The maximum atomic E-state index is 13.2. The minimum Gasteiger partial charge on any atom is -0.478 e. The van der Waals surface area contributed by atoms with Gasteiger partial charge in [-0.05, 0) is 42.0 Å². The first-order valence-electron chi connectivity index (χ1n) is 9.77. The standard InChI is InChI=1S/C23H27NO4/c1-28-15-21(17-7-3-2-4-8-17)24-22(25)20-10-6-5-9-19(20)16-11-13-18(14-12-16)23(26)27/h2-4,7-8,11-14,19-21H,5-6,9-10,15H2,1H3,(H,24,25)(H,26,27)/t19-,20+,21+/m1/s1. The lowest BCUT2D eigenvalue weighted by molar-refractivity contribution is -0.127. The first-order valence-corrected chi connectivity index (χ1v) is 9.77. The zero-order valence-corrected chi connectivity index (χ0v) is 16.1. The zero-order chi connectivity index (χ0) is 19.9. The molecule has 5 nitrogen and oxygen atoms in total. The Morgan fingerprint density at radius 2 is 1.75 bits per heavy atom. The summed E-state index contributed by atoms with van der Waals surface area (Å²) in [6, 6.07) is 16.6. The molecular formula is C23H27NO4. The maximum absolute atomic E-state index is 13.2. The summed E-state index contributed by atoms with van der Waals surface area (Å²) in [5.74, 6) is -0.907. The van der Waals surface area contributed by atoms with Crippen molar-refractivity contribution in [1.29, 1.82) is 0 Å². The van der Waals surface area contributed by atoms with Gasteiger partial charge in [0.1, 0.15) is 0 Å². The number of carboxylic acid groups (broad SMARTS) is 1. The molecule has 2 N–H and O–H groups in total. The van der Waals surface area contributed by atoms with Crippen molar-refractivity contribution in [2.75, 3.05) is 13.7 Å². The monoisotopic (exact) mass is 381 g/mol. The molecule has 0 saturated heterocycles. The van der Waals surface area contributed by atoms with E-state index < -0.39 is 5.97 Å². The van der Waals surface area contributed by atoms with Crippen LogP contribution in [-0.4, -0.2) is 30.7 Å². The van der Waals surface area contributed by atoms with Crippen LogP contribution in [0.5, 0.6) is 0 Å². The second kappa shape index (κ2) is 9.51. The molecule has 0 spiro atoms. The smallest absolute Gasteiger partial charge is 0.335 e. The van der Waals surface area contributed by atoms with E-state index in [1.165, 1.54) is 0 Å². The Kier molecular flexibility index (Phi) is 6.82. The van der Waals surface area contributed by atoms with Gasteiger partial charge in [0.05, 0.1) is 18.2 Å². The Bertz CT molecular complexity index is 788. The van der Waals surface area contributed by atoms with Gasteiger partial charge >= 0.3 is 5.97 Å². The molecule has 0 aromatic heterocycles. The quantitative estimate of drug-likeness (QED) is 0.755. The fourth-order valence-electron chi connectivity index (χ4n) is 4.07. The van der Waals surface area contributed by atoms with Crippen LogP contribution in [0.25, 0.3) is 0 Å². The highest BCUT2D eigenvalue weighted by Gasteiger charge is 2.33. The molecule has 1 saturated carbocycles. The van der Waals surface area contributed by atoms with Crippen LogP contribution in [0.1, 0.15) is 59.1 Å². The molecule has 2 aromatic rings. The molecule has 0 heterocycles. The average molecular weight is 381 g/mol. The van der Waals surface area contributed by atoms with E-state index >= 15 is 0 Å². The predicted molar refractivity (Wildman–Crippen MR) is 107 cm³/mol. The van der Waals surface area contributed by atoms with E-state index in [0.29, 0.717) is 6.61 Å². The number of amides is 1. The topological polar surface area (TPSA) is 75.6 Å². The van der Waals surface area contributed by atoms with Crippen LogP contribution in [0.2, 0.25) is 0 Å². The summed E-state index contributed by atoms with van der Waals surface area (Å²) >= 11 is 0. The molecule has 0 aliphatic heterocycles. The number of hydrogen-bond donors (Lipinski definition) is 2. The fraction of sp³-hybridized carbons (Fsp3) is 0.391. The number of methoxy groups -OCH3 is 1. The van der Waals surface area contributed by atoms with E-state index in [4.69, 9.17) is 9.84 Å². The molecule has 1 aliphatic carbocycles. The number of hydrogen-bond acceptors (Lipinski definition) is 3. The van der Waals surface area contributed by atoms with Crippen molar-refractivity contribution < 1.29 is 19.4 Å². The molecule has 2 aromatic carbocycles. The fourth-order valence-corrected chi connectivity index (χ4v) is 4.07. The lowest BCUT2D eigenvalue weighted by Gasteiger charge is -2.32. The van der Waals surface area contributed by atoms with E-state index in [1.54, 1.807) is 19.2 Å². The van der Waals surface area contributed by atoms with Crippen LogP contribution < -0.4 is 5.32 Å². The Morgan fingerprint density at radius 3 is 2.39 bits per heavy atom. The maximum Gasteiger partial charge on any atom is 0.335 e. The third-order valence-electron chi connectivity index (χ3n) is 5.54. The first-order chi connectivity index (χ1) is 13.6. The van der Waals surface area contributed by atoms with Crippen LogP contribution in [0.4, 0.5) is 0 Å². The van der Waals surface area contributed by atoms with Gasteiger partial charge in [-0.1, -0.05) is 55.3 Å². The van der Waals surface area contributed by atoms with Gasteiger partial charge in [0.15, 0.2) is 0 Å². The Labute approximate surface area is 165 Å². The summed E-state index contributed by atoms with van der Waals surface area (Å²) in [5.41, 5.74) is 2.33. The van der Waals surface area contributed by atoms with Gasteiger partial charge in [-0.15, -0.1) is 0 Å². The van der Waals surface area contributed by atoms with Gasteiger partial charge in [0.25, 0.3) is 0 Å². The minimum absolute atomic E-state index is 0.0397. The zero-order valence-electron chi connectivity index (χ0n) is 16.1. The van der Waals surface area contributed by atoms with Crippen molar-refractivity contribution in [1.82, 2.24) is 5.32 Å². The van der Waals surface area contributed by atoms with E-state index in [2.05, 4.69) is 5.32 Å². The summed E-state index contributed by atoms with van der Waals surface area (Å²) in [4.78, 5) is 24.3. The third-order valence-corrected chi connectivity index (χ3v) is 5.54. The van der Waals surface area contributed by atoms with E-state index in [9.17, 15) is 9.59 Å². The van der Waals surface area contributed by atoms with Gasteiger partial charge in [0, 0.05) is 13.0 Å². The molecule has 1 aliphatic rings. The van der Waals surface area contributed by atoms with Crippen LogP contribution in [0.15, 0.2) is 54.6 Å². The SMILES string of the molecule is COC[C@H](NC(=O)[C@H]1CCCC[C@@H]1c1ccc(C(=O)O)cc1)c1ccccc1. The molecule has 1 amide bonds. The van der Waals surface area contributed by atoms with Crippen molar-refractivity contribution in [3.63, 3.8) is 0 Å². The van der Waals surface area contributed by atoms with Crippen LogP contribution in [0.3, 0.4) is 0 Å². The minimum atomic E-state index is -0.935.